The van der Waals surface area contributed by atoms with E-state index in [9.17, 15) is 9.59 Å². The van der Waals surface area contributed by atoms with Crippen molar-refractivity contribution < 1.29 is 9.59 Å². The van der Waals surface area contributed by atoms with Gasteiger partial charge < -0.3 is 10.3 Å². The second kappa shape index (κ2) is 7.17. The van der Waals surface area contributed by atoms with Gasteiger partial charge in [0.25, 0.3) is 0 Å². The molecule has 2 N–H and O–H groups in total. The van der Waals surface area contributed by atoms with Gasteiger partial charge in [-0.25, -0.2) is 4.98 Å². The monoisotopic (exact) mass is 435 g/mol. The zero-order valence-electron chi connectivity index (χ0n) is 17.4. The Kier molecular flexibility index (Phi) is 4.40. The lowest BCUT2D eigenvalue weighted by molar-refractivity contribution is -0.138. The lowest BCUT2D eigenvalue weighted by Gasteiger charge is -2.17. The predicted octanol–water partition coefficient (Wildman–Crippen LogP) is 3.16. The number of likely N-dealkylation sites (tertiary alicyclic amines) is 2. The molecule has 6 rings (SSSR count). The zero-order valence-corrected chi connectivity index (χ0v) is 18.2. The summed E-state index contributed by atoms with van der Waals surface area (Å²) in [6.45, 7) is 3.06. The van der Waals surface area contributed by atoms with Gasteiger partial charge in [0.15, 0.2) is 0 Å². The van der Waals surface area contributed by atoms with E-state index in [0.717, 1.165) is 45.8 Å². The summed E-state index contributed by atoms with van der Waals surface area (Å²) in [6, 6.07) is 8.50. The molecule has 31 heavy (non-hydrogen) atoms. The van der Waals surface area contributed by atoms with Crippen LogP contribution in [0.15, 0.2) is 30.5 Å². The number of aromatic amines is 1. The van der Waals surface area contributed by atoms with Gasteiger partial charge in [-0.3, -0.25) is 19.4 Å². The van der Waals surface area contributed by atoms with Crippen LogP contribution in [0.4, 0.5) is 5.69 Å². The van der Waals surface area contributed by atoms with Gasteiger partial charge in [0.1, 0.15) is 5.01 Å². The minimum atomic E-state index is -0.180. The van der Waals surface area contributed by atoms with E-state index in [-0.39, 0.29) is 23.7 Å². The van der Waals surface area contributed by atoms with Crippen LogP contribution in [-0.2, 0) is 16.1 Å². The van der Waals surface area contributed by atoms with Gasteiger partial charge in [0, 0.05) is 49.7 Å². The molecule has 2 unspecified atom stereocenters. The molecule has 0 radical (unpaired) electrons. The molecule has 0 spiro atoms. The van der Waals surface area contributed by atoms with Crippen LogP contribution < -0.4 is 5.32 Å². The number of rotatable bonds is 6. The summed E-state index contributed by atoms with van der Waals surface area (Å²) in [7, 11) is 1.59. The smallest absolute Gasteiger partial charge is 0.234 e. The standard InChI is InChI=1S/C23H25N5O2S/c1-27-22(29)16-11-28(12-17(16)23(27)30)10-15-9-25-21(31-15)19-7-14-3-2-4-18(20(14)26-19)24-8-13-5-6-13/h2-4,7,9,13,16-17,24,26H,5-6,8,10-12H2,1H3. The normalized spacial score (nSPS) is 23.8. The molecule has 2 atom stereocenters. The third kappa shape index (κ3) is 3.34. The van der Waals surface area contributed by atoms with E-state index in [1.807, 2.05) is 6.20 Å². The predicted molar refractivity (Wildman–Crippen MR) is 121 cm³/mol. The average Bonchev–Trinajstić information content (AvgIpc) is 3.10. The first kappa shape index (κ1) is 19.0. The largest absolute Gasteiger partial charge is 0.383 e. The minimum absolute atomic E-state index is 0.0355. The molecular formula is C23H25N5O2S. The number of anilines is 1. The van der Waals surface area contributed by atoms with Crippen molar-refractivity contribution in [1.29, 1.82) is 0 Å². The van der Waals surface area contributed by atoms with Gasteiger partial charge in [-0.05, 0) is 30.9 Å². The number of carbonyl (C=O) groups is 2. The highest BCUT2D eigenvalue weighted by Gasteiger charge is 2.50. The van der Waals surface area contributed by atoms with Gasteiger partial charge in [-0.15, -0.1) is 11.3 Å². The molecule has 1 aromatic carbocycles. The third-order valence-corrected chi connectivity index (χ3v) is 7.80. The molecule has 2 aromatic heterocycles. The first-order valence-corrected chi connectivity index (χ1v) is 11.7. The molecule has 3 fully saturated rings. The number of fused-ring (bicyclic) bond motifs is 2. The first-order chi connectivity index (χ1) is 15.1. The zero-order chi connectivity index (χ0) is 21.1. The molecular weight excluding hydrogens is 410 g/mol. The van der Waals surface area contributed by atoms with E-state index < -0.39 is 0 Å². The number of nitrogens with zero attached hydrogens (tertiary/aromatic N) is 3. The molecule has 160 valence electrons. The maximum Gasteiger partial charge on any atom is 0.234 e. The minimum Gasteiger partial charge on any atom is -0.383 e. The van der Waals surface area contributed by atoms with Gasteiger partial charge in [0.05, 0.1) is 28.7 Å². The molecule has 4 heterocycles. The molecule has 8 heteroatoms. The topological polar surface area (TPSA) is 81.3 Å². The van der Waals surface area contributed by atoms with Crippen molar-refractivity contribution >= 4 is 39.7 Å². The molecule has 7 nitrogen and oxygen atoms in total. The molecule has 2 amide bonds. The molecule has 1 saturated carbocycles. The fourth-order valence-corrected chi connectivity index (χ4v) is 5.77. The van der Waals surface area contributed by atoms with Crippen molar-refractivity contribution in [2.24, 2.45) is 17.8 Å². The van der Waals surface area contributed by atoms with Crippen molar-refractivity contribution in [2.75, 3.05) is 32.0 Å². The molecule has 2 saturated heterocycles. The van der Waals surface area contributed by atoms with Crippen LogP contribution in [0.5, 0.6) is 0 Å². The van der Waals surface area contributed by atoms with Crippen LogP contribution in [0.25, 0.3) is 21.6 Å². The van der Waals surface area contributed by atoms with Crippen LogP contribution >= 0.6 is 11.3 Å². The Labute approximate surface area is 184 Å². The average molecular weight is 436 g/mol. The summed E-state index contributed by atoms with van der Waals surface area (Å²) in [5.41, 5.74) is 3.30. The van der Waals surface area contributed by atoms with E-state index in [1.54, 1.807) is 18.4 Å². The Balaban J connectivity index is 1.18. The number of nitrogens with one attached hydrogen (secondary N) is 2. The number of H-pyrrole nitrogens is 1. The van der Waals surface area contributed by atoms with Crippen LogP contribution in [-0.4, -0.2) is 58.3 Å². The molecule has 0 bridgehead atoms. The molecule has 3 aliphatic rings. The van der Waals surface area contributed by atoms with Crippen LogP contribution in [0.2, 0.25) is 0 Å². The van der Waals surface area contributed by atoms with Crippen molar-refractivity contribution in [2.45, 2.75) is 19.4 Å². The highest BCUT2D eigenvalue weighted by atomic mass is 32.1. The maximum atomic E-state index is 12.2. The Bertz CT molecular complexity index is 1160. The number of amides is 2. The Morgan fingerprint density at radius 1 is 1.19 bits per heavy atom. The van der Waals surface area contributed by atoms with Crippen molar-refractivity contribution in [1.82, 2.24) is 19.8 Å². The van der Waals surface area contributed by atoms with Gasteiger partial charge in [-0.2, -0.15) is 0 Å². The molecule has 1 aliphatic carbocycles. The summed E-state index contributed by atoms with van der Waals surface area (Å²) in [4.78, 5) is 37.3. The van der Waals surface area contributed by atoms with Gasteiger partial charge >= 0.3 is 0 Å². The first-order valence-electron chi connectivity index (χ1n) is 10.9. The van der Waals surface area contributed by atoms with E-state index in [4.69, 9.17) is 0 Å². The maximum absolute atomic E-state index is 12.2. The Hall–Kier alpha value is -2.71. The Morgan fingerprint density at radius 2 is 1.97 bits per heavy atom. The van der Waals surface area contributed by atoms with Crippen molar-refractivity contribution in [3.8, 4) is 10.7 Å². The van der Waals surface area contributed by atoms with Crippen LogP contribution in [0.3, 0.4) is 0 Å². The summed E-state index contributed by atoms with van der Waals surface area (Å²) in [5.74, 6) is 0.390. The van der Waals surface area contributed by atoms with E-state index in [1.165, 1.54) is 23.1 Å². The summed E-state index contributed by atoms with van der Waals surface area (Å²) in [5, 5.41) is 5.73. The highest BCUT2D eigenvalue weighted by molar-refractivity contribution is 7.15. The number of carbonyl (C=O) groups excluding carboxylic acids is 2. The summed E-state index contributed by atoms with van der Waals surface area (Å²) >= 11 is 1.67. The number of imide groups is 1. The number of thiazole rings is 1. The lowest BCUT2D eigenvalue weighted by Crippen LogP contribution is -2.32. The molecule has 2 aliphatic heterocycles. The summed E-state index contributed by atoms with van der Waals surface area (Å²) < 4.78 is 0. The SMILES string of the molecule is CN1C(=O)C2CN(Cc3cnc(-c4cc5cccc(NCC6CC6)c5[nH]4)s3)CC2C1=O. The van der Waals surface area contributed by atoms with Crippen molar-refractivity contribution in [3.63, 3.8) is 0 Å². The number of para-hydroxylation sites is 1. The second-order valence-electron chi connectivity index (χ2n) is 9.05. The van der Waals surface area contributed by atoms with E-state index >= 15 is 0 Å². The fourth-order valence-electron chi connectivity index (χ4n) is 4.84. The number of benzene rings is 1. The quantitative estimate of drug-likeness (QED) is 0.582. The molecule has 3 aromatic rings. The summed E-state index contributed by atoms with van der Waals surface area (Å²) in [6.07, 6.45) is 4.58. The highest BCUT2D eigenvalue weighted by Crippen LogP contribution is 2.36. The van der Waals surface area contributed by atoms with Crippen molar-refractivity contribution in [3.05, 3.63) is 35.3 Å². The van der Waals surface area contributed by atoms with E-state index in [2.05, 4.69) is 44.5 Å². The number of hydrogen-bond acceptors (Lipinski definition) is 6. The lowest BCUT2D eigenvalue weighted by atomic mass is 10.00. The number of hydrogen-bond donors (Lipinski definition) is 2. The second-order valence-corrected chi connectivity index (χ2v) is 10.2. The van der Waals surface area contributed by atoms with Crippen LogP contribution in [0.1, 0.15) is 17.7 Å². The van der Waals surface area contributed by atoms with Crippen LogP contribution in [0, 0.1) is 17.8 Å². The fraction of sp³-hybridized carbons (Fsp3) is 0.435. The van der Waals surface area contributed by atoms with Gasteiger partial charge in [-0.1, -0.05) is 12.1 Å². The van der Waals surface area contributed by atoms with E-state index in [0.29, 0.717) is 13.1 Å². The number of aromatic nitrogens is 2. The van der Waals surface area contributed by atoms with Gasteiger partial charge in [0.2, 0.25) is 11.8 Å². The Morgan fingerprint density at radius 3 is 2.71 bits per heavy atom. The third-order valence-electron chi connectivity index (χ3n) is 6.79.